The number of rotatable bonds is 8. The number of ether oxygens (including phenoxy) is 2. The maximum Gasteiger partial charge on any atom is 0.220 e. The molecule has 1 amide bonds. The largest absolute Gasteiger partial charge is 0.492 e. The van der Waals surface area contributed by atoms with E-state index in [2.05, 4.69) is 26.1 Å². The Kier molecular flexibility index (Phi) is 7.66. The van der Waals surface area contributed by atoms with E-state index in [1.165, 1.54) is 5.75 Å². The van der Waals surface area contributed by atoms with Gasteiger partial charge in [0, 0.05) is 37.3 Å². The highest BCUT2D eigenvalue weighted by atomic mass is 79.9. The first-order valence-electron chi connectivity index (χ1n) is 9.24. The lowest BCUT2D eigenvalue weighted by Crippen LogP contribution is -2.59. The monoisotopic (exact) mass is 442 g/mol. The van der Waals surface area contributed by atoms with E-state index in [4.69, 9.17) is 9.47 Å². The first-order valence-corrected chi connectivity index (χ1v) is 11.2. The molecule has 1 aromatic carbocycles. The summed E-state index contributed by atoms with van der Waals surface area (Å²) in [6, 6.07) is 7.77. The van der Waals surface area contributed by atoms with Gasteiger partial charge in [-0.15, -0.1) is 0 Å². The number of morpholine rings is 1. The molecule has 7 heteroatoms. The molecule has 26 heavy (non-hydrogen) atoms. The van der Waals surface area contributed by atoms with E-state index < -0.39 is 0 Å². The van der Waals surface area contributed by atoms with Crippen LogP contribution < -0.4 is 10.1 Å². The highest BCUT2D eigenvalue weighted by molar-refractivity contribution is 9.10. The summed E-state index contributed by atoms with van der Waals surface area (Å²) in [5.74, 6) is 3.21. The van der Waals surface area contributed by atoms with Crippen molar-refractivity contribution in [3.8, 4) is 5.75 Å². The van der Waals surface area contributed by atoms with Crippen LogP contribution in [0, 0.1) is 0 Å². The topological polar surface area (TPSA) is 50.8 Å². The van der Waals surface area contributed by atoms with Crippen molar-refractivity contribution in [1.29, 1.82) is 0 Å². The van der Waals surface area contributed by atoms with Crippen LogP contribution in [-0.4, -0.2) is 67.3 Å². The molecule has 5 nitrogen and oxygen atoms in total. The van der Waals surface area contributed by atoms with Gasteiger partial charge in [-0.2, -0.15) is 11.8 Å². The molecule has 0 spiro atoms. The molecule has 3 rings (SSSR count). The van der Waals surface area contributed by atoms with E-state index in [1.54, 1.807) is 0 Å². The zero-order valence-corrected chi connectivity index (χ0v) is 17.4. The predicted molar refractivity (Wildman–Crippen MR) is 109 cm³/mol. The fourth-order valence-electron chi connectivity index (χ4n) is 3.46. The molecule has 1 aromatic rings. The Labute approximate surface area is 168 Å². The van der Waals surface area contributed by atoms with Gasteiger partial charge >= 0.3 is 0 Å². The summed E-state index contributed by atoms with van der Waals surface area (Å²) in [7, 11) is 0. The van der Waals surface area contributed by atoms with Crippen LogP contribution in [-0.2, 0) is 9.53 Å². The number of nitrogens with zero attached hydrogens (tertiary/aromatic N) is 1. The van der Waals surface area contributed by atoms with Crippen molar-refractivity contribution in [2.45, 2.75) is 24.8 Å². The first-order chi connectivity index (χ1) is 12.7. The molecule has 2 aliphatic heterocycles. The molecule has 1 N–H and O–H groups in total. The van der Waals surface area contributed by atoms with Crippen LogP contribution in [0.25, 0.3) is 0 Å². The van der Waals surface area contributed by atoms with Crippen LogP contribution >= 0.6 is 27.7 Å². The fraction of sp³-hybridized carbons (Fsp3) is 0.632. The third kappa shape index (κ3) is 5.38. The van der Waals surface area contributed by atoms with Crippen LogP contribution in [0.4, 0.5) is 0 Å². The van der Waals surface area contributed by atoms with Crippen LogP contribution in [0.2, 0.25) is 0 Å². The maximum atomic E-state index is 12.3. The first kappa shape index (κ1) is 20.0. The van der Waals surface area contributed by atoms with E-state index in [-0.39, 0.29) is 11.4 Å². The number of amides is 1. The second-order valence-electron chi connectivity index (χ2n) is 6.79. The Hall–Kier alpha value is -0.760. The lowest BCUT2D eigenvalue weighted by atomic mass is 9.95. The molecule has 2 saturated heterocycles. The fourth-order valence-corrected chi connectivity index (χ4v) is 5.34. The Morgan fingerprint density at radius 2 is 2.15 bits per heavy atom. The smallest absolute Gasteiger partial charge is 0.220 e. The van der Waals surface area contributed by atoms with Gasteiger partial charge in [-0.25, -0.2) is 0 Å². The second kappa shape index (κ2) is 9.97. The lowest BCUT2D eigenvalue weighted by molar-refractivity contribution is -0.122. The van der Waals surface area contributed by atoms with Crippen LogP contribution in [0.1, 0.15) is 19.3 Å². The number of thioether (sulfide) groups is 1. The van der Waals surface area contributed by atoms with Gasteiger partial charge in [0.25, 0.3) is 0 Å². The Balaban J connectivity index is 1.39. The summed E-state index contributed by atoms with van der Waals surface area (Å²) >= 11 is 5.45. The van der Waals surface area contributed by atoms with Crippen molar-refractivity contribution in [3.63, 3.8) is 0 Å². The van der Waals surface area contributed by atoms with Crippen LogP contribution in [0.5, 0.6) is 5.75 Å². The van der Waals surface area contributed by atoms with Crippen molar-refractivity contribution in [1.82, 2.24) is 10.2 Å². The molecule has 0 radical (unpaired) electrons. The van der Waals surface area contributed by atoms with Crippen molar-refractivity contribution in [2.24, 2.45) is 0 Å². The van der Waals surface area contributed by atoms with Gasteiger partial charge in [-0.1, -0.05) is 12.1 Å². The van der Waals surface area contributed by atoms with Gasteiger partial charge in [0.15, 0.2) is 0 Å². The van der Waals surface area contributed by atoms with E-state index in [9.17, 15) is 4.79 Å². The van der Waals surface area contributed by atoms with E-state index in [1.807, 2.05) is 36.0 Å². The molecule has 2 aliphatic rings. The molecule has 2 heterocycles. The number of hydrogen-bond donors (Lipinski definition) is 1. The van der Waals surface area contributed by atoms with Crippen molar-refractivity contribution >= 4 is 33.6 Å². The molecule has 0 aliphatic carbocycles. The highest BCUT2D eigenvalue weighted by Gasteiger charge is 2.40. The number of carbonyl (C=O) groups excluding carboxylic acids is 1. The zero-order valence-electron chi connectivity index (χ0n) is 15.0. The Morgan fingerprint density at radius 1 is 1.35 bits per heavy atom. The quantitative estimate of drug-likeness (QED) is 0.627. The van der Waals surface area contributed by atoms with Crippen LogP contribution in [0.15, 0.2) is 28.7 Å². The number of para-hydroxylation sites is 1. The second-order valence-corrected chi connectivity index (χ2v) is 8.75. The number of hydrogen-bond acceptors (Lipinski definition) is 5. The molecule has 144 valence electrons. The van der Waals surface area contributed by atoms with Crippen molar-refractivity contribution in [2.75, 3.05) is 51.0 Å². The van der Waals surface area contributed by atoms with Gasteiger partial charge in [0.05, 0.1) is 24.3 Å². The number of halogens is 1. The normalized spacial score (nSPS) is 23.7. The lowest BCUT2D eigenvalue weighted by Gasteiger charge is -2.43. The average Bonchev–Trinajstić information content (AvgIpc) is 3.16. The summed E-state index contributed by atoms with van der Waals surface area (Å²) in [6.45, 7) is 4.82. The van der Waals surface area contributed by atoms with E-state index in [0.29, 0.717) is 19.4 Å². The van der Waals surface area contributed by atoms with Crippen LogP contribution in [0.3, 0.4) is 0 Å². The molecule has 0 bridgehead atoms. The van der Waals surface area contributed by atoms with Gasteiger partial charge < -0.3 is 14.8 Å². The van der Waals surface area contributed by atoms with Gasteiger partial charge in [-0.05, 0) is 46.7 Å². The minimum atomic E-state index is 0.107. The number of benzene rings is 1. The SMILES string of the molecule is O=C(CCCOc1ccccc1Br)NCC1(N2CCOCC2)CCSC1. The Bertz CT molecular complexity index is 590. The highest BCUT2D eigenvalue weighted by Crippen LogP contribution is 2.33. The predicted octanol–water partition coefficient (Wildman–Crippen LogP) is 2.93. The summed E-state index contributed by atoms with van der Waals surface area (Å²) < 4.78 is 12.2. The number of carbonyl (C=O) groups is 1. The van der Waals surface area contributed by atoms with Gasteiger partial charge in [-0.3, -0.25) is 9.69 Å². The summed E-state index contributed by atoms with van der Waals surface area (Å²) in [5.41, 5.74) is 0.107. The summed E-state index contributed by atoms with van der Waals surface area (Å²) in [4.78, 5) is 14.8. The summed E-state index contributed by atoms with van der Waals surface area (Å²) in [5, 5.41) is 3.17. The zero-order chi connectivity index (χ0) is 18.2. The average molecular weight is 443 g/mol. The molecular weight excluding hydrogens is 416 g/mol. The van der Waals surface area contributed by atoms with Crippen molar-refractivity contribution in [3.05, 3.63) is 28.7 Å². The molecule has 1 unspecified atom stereocenters. The third-order valence-electron chi connectivity index (χ3n) is 5.02. The molecule has 0 aromatic heterocycles. The minimum absolute atomic E-state index is 0.107. The van der Waals surface area contributed by atoms with E-state index in [0.717, 1.165) is 55.2 Å². The van der Waals surface area contributed by atoms with E-state index >= 15 is 0 Å². The standard InChI is InChI=1S/C19H27BrN2O3S/c20-16-4-1-2-5-17(16)25-10-3-6-18(23)21-14-19(7-13-26-15-19)22-8-11-24-12-9-22/h1-2,4-5H,3,6-15H2,(H,21,23). The minimum Gasteiger partial charge on any atom is -0.492 e. The molecule has 1 atom stereocenters. The van der Waals surface area contributed by atoms with Gasteiger partial charge in [0.1, 0.15) is 5.75 Å². The maximum absolute atomic E-state index is 12.3. The third-order valence-corrected chi connectivity index (χ3v) is 6.91. The molecule has 2 fully saturated rings. The molecule has 0 saturated carbocycles. The Morgan fingerprint density at radius 3 is 2.88 bits per heavy atom. The van der Waals surface area contributed by atoms with Gasteiger partial charge in [0.2, 0.25) is 5.91 Å². The number of nitrogens with one attached hydrogen (secondary N) is 1. The molecular formula is C19H27BrN2O3S. The van der Waals surface area contributed by atoms with Crippen molar-refractivity contribution < 1.29 is 14.3 Å². The summed E-state index contributed by atoms with van der Waals surface area (Å²) in [6.07, 6.45) is 2.35.